The van der Waals surface area contributed by atoms with E-state index in [1.165, 1.54) is 0 Å². The van der Waals surface area contributed by atoms with Crippen LogP contribution in [0.4, 0.5) is 5.69 Å². The molecule has 122 valence electrons. The molecule has 3 aromatic rings. The van der Waals surface area contributed by atoms with Crippen molar-refractivity contribution < 1.29 is 9.53 Å². The van der Waals surface area contributed by atoms with Crippen molar-refractivity contribution in [2.75, 3.05) is 5.32 Å². The molecule has 0 aliphatic rings. The van der Waals surface area contributed by atoms with Gasteiger partial charge in [-0.2, -0.15) is 5.10 Å². The average Bonchev–Trinajstić information content (AvgIpc) is 2.57. The van der Waals surface area contributed by atoms with Crippen molar-refractivity contribution in [3.05, 3.63) is 64.6 Å². The van der Waals surface area contributed by atoms with Crippen molar-refractivity contribution in [1.82, 2.24) is 10.2 Å². The highest BCUT2D eigenvalue weighted by molar-refractivity contribution is 6.11. The number of nitrogens with one attached hydrogen (secondary N) is 2. The average molecular weight is 323 g/mol. The van der Waals surface area contributed by atoms with Gasteiger partial charge in [0, 0.05) is 5.39 Å². The molecule has 1 amide bonds. The maximum atomic E-state index is 12.6. The molecule has 24 heavy (non-hydrogen) atoms. The molecule has 1 aromatic heterocycles. The van der Waals surface area contributed by atoms with E-state index in [1.807, 2.05) is 19.9 Å². The molecule has 0 fully saturated rings. The first kappa shape index (κ1) is 15.7. The summed E-state index contributed by atoms with van der Waals surface area (Å²) in [5.41, 5.74) is 0.378. The number of hydrogen-bond acceptors (Lipinski definition) is 4. The summed E-state index contributed by atoms with van der Waals surface area (Å²) < 4.78 is 5.70. The predicted molar refractivity (Wildman–Crippen MR) is 92.5 cm³/mol. The Labute approximate surface area is 138 Å². The van der Waals surface area contributed by atoms with E-state index < -0.39 is 5.91 Å². The zero-order chi connectivity index (χ0) is 17.1. The summed E-state index contributed by atoms with van der Waals surface area (Å²) in [6.45, 7) is 3.82. The molecule has 0 saturated heterocycles. The summed E-state index contributed by atoms with van der Waals surface area (Å²) in [4.78, 5) is 24.4. The Balaban J connectivity index is 1.97. The van der Waals surface area contributed by atoms with Crippen LogP contribution in [-0.2, 0) is 0 Å². The Morgan fingerprint density at radius 2 is 1.75 bits per heavy atom. The number of amides is 1. The first-order chi connectivity index (χ1) is 11.6. The first-order valence-electron chi connectivity index (χ1n) is 7.60. The van der Waals surface area contributed by atoms with Gasteiger partial charge in [0.25, 0.3) is 11.5 Å². The fourth-order valence-corrected chi connectivity index (χ4v) is 2.40. The minimum atomic E-state index is -0.415. The standard InChI is InChI=1S/C18H17N3O3/c1-11(2)24-15-10-6-5-9-14(15)19-18(23)16-12-7-3-4-8-13(12)17(22)21-20-16/h3-11H,1-2H3,(H,19,23)(H,21,22). The van der Waals surface area contributed by atoms with E-state index in [-0.39, 0.29) is 17.4 Å². The summed E-state index contributed by atoms with van der Waals surface area (Å²) in [5.74, 6) is 0.164. The molecule has 0 atom stereocenters. The summed E-state index contributed by atoms with van der Waals surface area (Å²) in [6.07, 6.45) is -0.0184. The third-order valence-corrected chi connectivity index (χ3v) is 3.41. The molecule has 0 unspecified atom stereocenters. The number of hydrogen-bond donors (Lipinski definition) is 2. The third-order valence-electron chi connectivity index (χ3n) is 3.41. The normalized spacial score (nSPS) is 10.8. The Kier molecular flexibility index (Phi) is 4.29. The monoisotopic (exact) mass is 323 g/mol. The first-order valence-corrected chi connectivity index (χ1v) is 7.60. The van der Waals surface area contributed by atoms with Gasteiger partial charge >= 0.3 is 0 Å². The molecule has 0 aliphatic carbocycles. The molecule has 3 rings (SSSR count). The van der Waals surface area contributed by atoms with Crippen molar-refractivity contribution in [2.45, 2.75) is 20.0 Å². The topological polar surface area (TPSA) is 84.1 Å². The van der Waals surface area contributed by atoms with Crippen LogP contribution in [0.25, 0.3) is 10.8 Å². The number of H-pyrrole nitrogens is 1. The van der Waals surface area contributed by atoms with Crippen LogP contribution in [0.15, 0.2) is 53.3 Å². The molecule has 0 aliphatic heterocycles. The molecule has 6 nitrogen and oxygen atoms in total. The zero-order valence-electron chi connectivity index (χ0n) is 13.4. The molecule has 0 saturated carbocycles. The van der Waals surface area contributed by atoms with Crippen molar-refractivity contribution in [2.24, 2.45) is 0 Å². The minimum absolute atomic E-state index is 0.0184. The van der Waals surface area contributed by atoms with Gasteiger partial charge in [0.05, 0.1) is 17.2 Å². The van der Waals surface area contributed by atoms with Crippen molar-refractivity contribution in [3.63, 3.8) is 0 Å². The number of carbonyl (C=O) groups excluding carboxylic acids is 1. The van der Waals surface area contributed by atoms with Crippen molar-refractivity contribution in [1.29, 1.82) is 0 Å². The molecule has 0 radical (unpaired) electrons. The maximum absolute atomic E-state index is 12.6. The quantitative estimate of drug-likeness (QED) is 0.773. The Hall–Kier alpha value is -3.15. The number of fused-ring (bicyclic) bond motifs is 1. The van der Waals surface area contributed by atoms with Gasteiger partial charge in [0.2, 0.25) is 0 Å². The summed E-state index contributed by atoms with van der Waals surface area (Å²) in [7, 11) is 0. The van der Waals surface area contributed by atoms with E-state index in [0.29, 0.717) is 22.2 Å². The number of anilines is 1. The van der Waals surface area contributed by atoms with Gasteiger partial charge in [0.1, 0.15) is 5.75 Å². The Morgan fingerprint density at radius 3 is 2.50 bits per heavy atom. The van der Waals surface area contributed by atoms with E-state index in [0.717, 1.165) is 0 Å². The fourth-order valence-electron chi connectivity index (χ4n) is 2.40. The fraction of sp³-hybridized carbons (Fsp3) is 0.167. The van der Waals surface area contributed by atoms with Gasteiger partial charge in [0.15, 0.2) is 5.69 Å². The molecular formula is C18H17N3O3. The Morgan fingerprint density at radius 1 is 1.08 bits per heavy atom. The summed E-state index contributed by atoms with van der Waals surface area (Å²) in [6, 6.07) is 14.0. The highest BCUT2D eigenvalue weighted by Crippen LogP contribution is 2.25. The van der Waals surface area contributed by atoms with E-state index >= 15 is 0 Å². The van der Waals surface area contributed by atoms with Crippen LogP contribution < -0.4 is 15.6 Å². The van der Waals surface area contributed by atoms with Crippen LogP contribution >= 0.6 is 0 Å². The van der Waals surface area contributed by atoms with E-state index in [1.54, 1.807) is 42.5 Å². The third kappa shape index (κ3) is 3.12. The molecule has 2 aromatic carbocycles. The maximum Gasteiger partial charge on any atom is 0.276 e. The van der Waals surface area contributed by atoms with Crippen LogP contribution in [0.3, 0.4) is 0 Å². The number of rotatable bonds is 4. The number of aromatic amines is 1. The molecule has 6 heteroatoms. The number of benzene rings is 2. The zero-order valence-corrected chi connectivity index (χ0v) is 13.4. The van der Waals surface area contributed by atoms with Crippen molar-refractivity contribution in [3.8, 4) is 5.75 Å². The lowest BCUT2D eigenvalue weighted by Gasteiger charge is -2.14. The molecule has 0 spiro atoms. The predicted octanol–water partition coefficient (Wildman–Crippen LogP) is 2.96. The van der Waals surface area contributed by atoms with Gasteiger partial charge in [-0.3, -0.25) is 9.59 Å². The lowest BCUT2D eigenvalue weighted by Crippen LogP contribution is -2.20. The van der Waals surface area contributed by atoms with Crippen LogP contribution in [0.2, 0.25) is 0 Å². The largest absolute Gasteiger partial charge is 0.489 e. The number of aromatic nitrogens is 2. The van der Waals surface area contributed by atoms with Crippen LogP contribution in [0, 0.1) is 0 Å². The van der Waals surface area contributed by atoms with Crippen LogP contribution in [-0.4, -0.2) is 22.2 Å². The number of carbonyl (C=O) groups is 1. The van der Waals surface area contributed by atoms with Crippen LogP contribution in [0.1, 0.15) is 24.3 Å². The van der Waals surface area contributed by atoms with E-state index in [4.69, 9.17) is 4.74 Å². The minimum Gasteiger partial charge on any atom is -0.489 e. The highest BCUT2D eigenvalue weighted by Gasteiger charge is 2.16. The second-order valence-corrected chi connectivity index (χ2v) is 5.56. The highest BCUT2D eigenvalue weighted by atomic mass is 16.5. The van der Waals surface area contributed by atoms with Gasteiger partial charge in [-0.25, -0.2) is 5.10 Å². The lowest BCUT2D eigenvalue weighted by atomic mass is 10.1. The molecule has 0 bridgehead atoms. The lowest BCUT2D eigenvalue weighted by molar-refractivity contribution is 0.102. The van der Waals surface area contributed by atoms with Gasteiger partial charge in [-0.1, -0.05) is 30.3 Å². The summed E-state index contributed by atoms with van der Waals surface area (Å²) in [5, 5.41) is 9.98. The summed E-state index contributed by atoms with van der Waals surface area (Å²) >= 11 is 0. The van der Waals surface area contributed by atoms with E-state index in [2.05, 4.69) is 15.5 Å². The van der Waals surface area contributed by atoms with Crippen LogP contribution in [0.5, 0.6) is 5.75 Å². The SMILES string of the molecule is CC(C)Oc1ccccc1NC(=O)c1n[nH]c(=O)c2ccccc12. The number of ether oxygens (including phenoxy) is 1. The van der Waals surface area contributed by atoms with E-state index in [9.17, 15) is 9.59 Å². The second kappa shape index (κ2) is 6.54. The molecule has 1 heterocycles. The molecular weight excluding hydrogens is 306 g/mol. The van der Waals surface area contributed by atoms with Gasteiger partial charge in [-0.15, -0.1) is 0 Å². The number of nitrogens with zero attached hydrogens (tertiary/aromatic N) is 1. The Bertz CT molecular complexity index is 947. The molecule has 2 N–H and O–H groups in total. The second-order valence-electron chi connectivity index (χ2n) is 5.56. The smallest absolute Gasteiger partial charge is 0.276 e. The number of para-hydroxylation sites is 2. The van der Waals surface area contributed by atoms with Gasteiger partial charge < -0.3 is 10.1 Å². The van der Waals surface area contributed by atoms with Crippen molar-refractivity contribution >= 4 is 22.4 Å². The van der Waals surface area contributed by atoms with Gasteiger partial charge in [-0.05, 0) is 32.0 Å².